The third kappa shape index (κ3) is 3.74. The topological polar surface area (TPSA) is 97.1 Å². The zero-order chi connectivity index (χ0) is 19.7. The highest BCUT2D eigenvalue weighted by Gasteiger charge is 2.26. The van der Waals surface area contributed by atoms with Crippen molar-refractivity contribution < 1.29 is 14.7 Å². The number of carboxylic acids is 1. The summed E-state index contributed by atoms with van der Waals surface area (Å²) in [6.07, 6.45) is 6.47. The van der Waals surface area contributed by atoms with Crippen molar-refractivity contribution in [3.63, 3.8) is 0 Å². The van der Waals surface area contributed by atoms with Crippen molar-refractivity contribution in [1.29, 1.82) is 0 Å². The van der Waals surface area contributed by atoms with Crippen LogP contribution < -0.4 is 5.32 Å². The number of aliphatic carboxylic acids is 1. The van der Waals surface area contributed by atoms with E-state index in [0.717, 1.165) is 17.0 Å². The number of imidazole rings is 1. The second-order valence-electron chi connectivity index (χ2n) is 7.37. The molecule has 144 valence electrons. The highest BCUT2D eigenvalue weighted by Crippen LogP contribution is 2.26. The molecule has 0 unspecified atom stereocenters. The number of nitrogens with zero attached hydrogens (tertiary/aromatic N) is 3. The van der Waals surface area contributed by atoms with Crippen LogP contribution in [0, 0.1) is 5.92 Å². The Morgan fingerprint density at radius 1 is 1.04 bits per heavy atom. The van der Waals surface area contributed by atoms with E-state index < -0.39 is 5.97 Å². The lowest BCUT2D eigenvalue weighted by Crippen LogP contribution is -2.38. The molecule has 1 aromatic carbocycles. The predicted octanol–water partition coefficient (Wildman–Crippen LogP) is 2.96. The fraction of sp³-hybridized carbons (Fsp3) is 0.333. The summed E-state index contributed by atoms with van der Waals surface area (Å²) in [4.78, 5) is 32.6. The van der Waals surface area contributed by atoms with Gasteiger partial charge < -0.3 is 15.0 Å². The molecule has 0 atom stereocenters. The molecular weight excluding hydrogens is 356 g/mol. The van der Waals surface area contributed by atoms with Crippen LogP contribution in [0.1, 0.15) is 36.0 Å². The van der Waals surface area contributed by atoms with E-state index in [-0.39, 0.29) is 17.9 Å². The summed E-state index contributed by atoms with van der Waals surface area (Å²) in [7, 11) is 1.94. The number of benzene rings is 1. The maximum absolute atomic E-state index is 12.5. The third-order valence-corrected chi connectivity index (χ3v) is 5.33. The highest BCUT2D eigenvalue weighted by molar-refractivity contribution is 5.94. The van der Waals surface area contributed by atoms with E-state index in [1.807, 2.05) is 42.2 Å². The number of carboxylic acid groups (broad SMARTS) is 1. The highest BCUT2D eigenvalue weighted by atomic mass is 16.4. The Labute approximate surface area is 162 Å². The van der Waals surface area contributed by atoms with Gasteiger partial charge in [-0.15, -0.1) is 0 Å². The molecule has 7 nitrogen and oxygen atoms in total. The van der Waals surface area contributed by atoms with Crippen molar-refractivity contribution in [2.75, 3.05) is 0 Å². The number of hydrogen-bond acceptors (Lipinski definition) is 4. The normalized spacial score (nSPS) is 19.5. The standard InChI is InChI=1S/C21H22N4O3/c1-25-11-10-17-18(12-25)24-19(23-17)13-2-4-14(5-3-13)20(26)22-16-8-6-15(7-9-16)21(27)28/h2-5,10-12,15-16H,6-9H2,1H3,(H,22,26)(H,27,28)/t15-,16-. The first-order chi connectivity index (χ1) is 13.5. The Bertz CT molecular complexity index is 972. The minimum Gasteiger partial charge on any atom is -0.481 e. The van der Waals surface area contributed by atoms with Crippen molar-refractivity contribution in [1.82, 2.24) is 19.9 Å². The molecule has 1 fully saturated rings. The van der Waals surface area contributed by atoms with E-state index >= 15 is 0 Å². The van der Waals surface area contributed by atoms with Gasteiger partial charge in [-0.25, -0.2) is 9.97 Å². The molecule has 1 aliphatic carbocycles. The van der Waals surface area contributed by atoms with E-state index in [2.05, 4.69) is 15.3 Å². The van der Waals surface area contributed by atoms with Gasteiger partial charge in [-0.3, -0.25) is 9.59 Å². The van der Waals surface area contributed by atoms with Gasteiger partial charge in [-0.05, 0) is 43.9 Å². The van der Waals surface area contributed by atoms with Crippen LogP contribution in [0.2, 0.25) is 0 Å². The summed E-state index contributed by atoms with van der Waals surface area (Å²) in [5.74, 6) is -0.516. The van der Waals surface area contributed by atoms with Crippen LogP contribution in [-0.4, -0.2) is 37.6 Å². The van der Waals surface area contributed by atoms with Gasteiger partial charge >= 0.3 is 5.97 Å². The SMILES string of the molecule is Cn1ccc2nc(-c3ccc(C(=O)N[C@H]4CC[C@H](C(=O)O)CC4)cc3)nc-2c1. The summed E-state index contributed by atoms with van der Waals surface area (Å²) in [5.41, 5.74) is 3.11. The molecule has 28 heavy (non-hydrogen) atoms. The average Bonchev–Trinajstić information content (AvgIpc) is 3.11. The number of aromatic nitrogens is 3. The van der Waals surface area contributed by atoms with Crippen LogP contribution in [0.25, 0.3) is 22.8 Å². The van der Waals surface area contributed by atoms with Crippen molar-refractivity contribution in [2.45, 2.75) is 31.7 Å². The van der Waals surface area contributed by atoms with E-state index in [4.69, 9.17) is 5.11 Å². The molecule has 2 heterocycles. The number of amides is 1. The molecule has 0 radical (unpaired) electrons. The molecule has 2 N–H and O–H groups in total. The van der Waals surface area contributed by atoms with Crippen LogP contribution in [0.4, 0.5) is 0 Å². The molecule has 1 amide bonds. The van der Waals surface area contributed by atoms with E-state index in [9.17, 15) is 9.59 Å². The lowest BCUT2D eigenvalue weighted by molar-refractivity contribution is -0.142. The Kier molecular flexibility index (Phi) is 4.81. The number of aryl methyl sites for hydroxylation is 1. The fourth-order valence-corrected chi connectivity index (χ4v) is 3.66. The van der Waals surface area contributed by atoms with Crippen molar-refractivity contribution in [2.24, 2.45) is 13.0 Å². The summed E-state index contributed by atoms with van der Waals surface area (Å²) in [6.45, 7) is 0. The van der Waals surface area contributed by atoms with Gasteiger partial charge in [0.2, 0.25) is 0 Å². The average molecular weight is 378 g/mol. The summed E-state index contributed by atoms with van der Waals surface area (Å²) in [6, 6.07) is 9.21. The van der Waals surface area contributed by atoms with Gasteiger partial charge in [-0.2, -0.15) is 0 Å². The molecule has 1 aromatic rings. The fourth-order valence-electron chi connectivity index (χ4n) is 3.66. The van der Waals surface area contributed by atoms with E-state index in [0.29, 0.717) is 37.1 Å². The van der Waals surface area contributed by atoms with Gasteiger partial charge in [0.15, 0.2) is 5.82 Å². The summed E-state index contributed by atoms with van der Waals surface area (Å²) < 4.78 is 1.93. The molecule has 2 aliphatic heterocycles. The number of carbonyl (C=O) groups is 2. The Balaban J connectivity index is 1.42. The van der Waals surface area contributed by atoms with Crippen LogP contribution >= 0.6 is 0 Å². The van der Waals surface area contributed by atoms with Gasteiger partial charge in [0.25, 0.3) is 5.91 Å². The monoisotopic (exact) mass is 378 g/mol. The molecular formula is C21H22N4O3. The van der Waals surface area contributed by atoms with E-state index in [1.54, 1.807) is 12.1 Å². The molecule has 1 saturated carbocycles. The number of rotatable bonds is 4. The second kappa shape index (κ2) is 7.42. The van der Waals surface area contributed by atoms with Crippen LogP contribution in [-0.2, 0) is 11.8 Å². The lowest BCUT2D eigenvalue weighted by atomic mass is 9.86. The van der Waals surface area contributed by atoms with Crippen molar-refractivity contribution in [3.05, 3.63) is 48.3 Å². The lowest BCUT2D eigenvalue weighted by Gasteiger charge is -2.26. The first-order valence-electron chi connectivity index (χ1n) is 9.43. The minimum absolute atomic E-state index is 0.0345. The van der Waals surface area contributed by atoms with Crippen molar-refractivity contribution >= 4 is 11.9 Å². The maximum atomic E-state index is 12.5. The third-order valence-electron chi connectivity index (χ3n) is 5.33. The molecule has 3 aliphatic rings. The van der Waals surface area contributed by atoms with E-state index in [1.165, 1.54) is 0 Å². The largest absolute Gasteiger partial charge is 0.481 e. The first-order valence-corrected chi connectivity index (χ1v) is 9.43. The molecule has 0 saturated heterocycles. The summed E-state index contributed by atoms with van der Waals surface area (Å²) in [5, 5.41) is 12.1. The molecule has 0 spiro atoms. The van der Waals surface area contributed by atoms with Crippen LogP contribution in [0.15, 0.2) is 42.7 Å². The van der Waals surface area contributed by atoms with Crippen LogP contribution in [0.3, 0.4) is 0 Å². The van der Waals surface area contributed by atoms with Gasteiger partial charge in [-0.1, -0.05) is 12.1 Å². The van der Waals surface area contributed by atoms with Crippen LogP contribution in [0.5, 0.6) is 0 Å². The number of nitrogens with one attached hydrogen (secondary N) is 1. The molecule has 0 bridgehead atoms. The molecule has 7 heteroatoms. The van der Waals surface area contributed by atoms with Gasteiger partial charge in [0, 0.05) is 36.6 Å². The first kappa shape index (κ1) is 18.2. The Morgan fingerprint density at radius 2 is 1.71 bits per heavy atom. The Morgan fingerprint density at radius 3 is 2.39 bits per heavy atom. The molecule has 4 rings (SSSR count). The number of hydrogen-bond donors (Lipinski definition) is 2. The smallest absolute Gasteiger partial charge is 0.306 e. The number of fused-ring (bicyclic) bond motifs is 1. The minimum atomic E-state index is -0.739. The van der Waals surface area contributed by atoms with Crippen molar-refractivity contribution in [3.8, 4) is 22.8 Å². The second-order valence-corrected chi connectivity index (χ2v) is 7.37. The van der Waals surface area contributed by atoms with Gasteiger partial charge in [0.05, 0.1) is 11.6 Å². The zero-order valence-electron chi connectivity index (χ0n) is 15.6. The molecule has 0 aromatic heterocycles. The Hall–Kier alpha value is -3.22. The zero-order valence-corrected chi connectivity index (χ0v) is 15.6. The predicted molar refractivity (Wildman–Crippen MR) is 104 cm³/mol. The summed E-state index contributed by atoms with van der Waals surface area (Å²) >= 11 is 0. The maximum Gasteiger partial charge on any atom is 0.306 e. The van der Waals surface area contributed by atoms with Gasteiger partial charge in [0.1, 0.15) is 5.69 Å². The quantitative estimate of drug-likeness (QED) is 0.727. The number of carbonyl (C=O) groups excluding carboxylic acids is 1. The number of pyridine rings is 1.